The number of benzene rings is 2. The van der Waals surface area contributed by atoms with Gasteiger partial charge < -0.3 is 9.73 Å². The molecule has 1 N–H and O–H groups in total. The van der Waals surface area contributed by atoms with Crippen molar-refractivity contribution in [3.63, 3.8) is 0 Å². The lowest BCUT2D eigenvalue weighted by molar-refractivity contribution is -0.120. The van der Waals surface area contributed by atoms with Gasteiger partial charge in [0, 0.05) is 30.3 Å². The van der Waals surface area contributed by atoms with E-state index in [4.69, 9.17) is 4.42 Å². The average Bonchev–Trinajstić information content (AvgIpc) is 3.29. The van der Waals surface area contributed by atoms with Gasteiger partial charge in [0.25, 0.3) is 0 Å². The number of piperidine rings is 1. The van der Waals surface area contributed by atoms with Gasteiger partial charge in [-0.1, -0.05) is 6.07 Å². The highest BCUT2D eigenvalue weighted by atomic mass is 32.2. The molecule has 0 spiro atoms. The normalized spacial score (nSPS) is 15.8. The average molecular weight is 430 g/mol. The van der Waals surface area contributed by atoms with Gasteiger partial charge in [-0.05, 0) is 55.3 Å². The largest absolute Gasteiger partial charge is 0.423 e. The molecule has 0 radical (unpaired) electrons. The molecule has 10 heteroatoms. The molecule has 0 bridgehead atoms. The first-order valence-electron chi connectivity index (χ1n) is 9.37. The predicted octanol–water partition coefficient (Wildman–Crippen LogP) is 2.92. The minimum Gasteiger partial charge on any atom is -0.423 e. The highest BCUT2D eigenvalue weighted by Crippen LogP contribution is 2.26. The zero-order valence-corrected chi connectivity index (χ0v) is 16.7. The van der Waals surface area contributed by atoms with Crippen molar-refractivity contribution in [2.75, 3.05) is 18.4 Å². The molecule has 4 rings (SSSR count). The van der Waals surface area contributed by atoms with Crippen LogP contribution in [0.4, 0.5) is 10.1 Å². The number of nitrogens with zero attached hydrogens (tertiary/aromatic N) is 3. The van der Waals surface area contributed by atoms with Crippen molar-refractivity contribution in [2.45, 2.75) is 17.7 Å². The van der Waals surface area contributed by atoms with Crippen LogP contribution in [0.5, 0.6) is 0 Å². The van der Waals surface area contributed by atoms with Crippen LogP contribution in [0.25, 0.3) is 11.5 Å². The SMILES string of the molecule is O=C(Nc1cccc(-c2nnco2)c1)C1CCN(S(=O)(=O)c2ccc(F)cc2)CC1. The lowest BCUT2D eigenvalue weighted by Gasteiger charge is -2.30. The van der Waals surface area contributed by atoms with E-state index >= 15 is 0 Å². The van der Waals surface area contributed by atoms with Crippen LogP contribution >= 0.6 is 0 Å². The molecule has 1 saturated heterocycles. The molecular formula is C20H19FN4O4S. The maximum absolute atomic E-state index is 13.1. The second kappa shape index (κ2) is 8.33. The minimum atomic E-state index is -3.71. The maximum atomic E-state index is 13.1. The molecule has 1 aliphatic heterocycles. The van der Waals surface area contributed by atoms with Crippen LogP contribution in [0.2, 0.25) is 0 Å². The fraction of sp³-hybridized carbons (Fsp3) is 0.250. The van der Waals surface area contributed by atoms with Gasteiger partial charge in [0.1, 0.15) is 5.82 Å². The number of hydrogen-bond donors (Lipinski definition) is 1. The van der Waals surface area contributed by atoms with Crippen LogP contribution < -0.4 is 5.32 Å². The number of rotatable bonds is 5. The quantitative estimate of drug-likeness (QED) is 0.667. The summed E-state index contributed by atoms with van der Waals surface area (Å²) in [6.07, 6.45) is 2.03. The van der Waals surface area contributed by atoms with Crippen molar-refractivity contribution in [3.05, 3.63) is 60.7 Å². The van der Waals surface area contributed by atoms with Crippen molar-refractivity contribution in [1.82, 2.24) is 14.5 Å². The molecule has 30 heavy (non-hydrogen) atoms. The third-order valence-electron chi connectivity index (χ3n) is 5.01. The highest BCUT2D eigenvalue weighted by Gasteiger charge is 2.32. The van der Waals surface area contributed by atoms with Crippen LogP contribution in [0.1, 0.15) is 12.8 Å². The number of sulfonamides is 1. The standard InChI is InChI=1S/C20H19FN4O4S/c21-16-4-6-18(7-5-16)30(27,28)25-10-8-14(9-11-25)19(26)23-17-3-1-2-15(12-17)20-24-22-13-29-20/h1-7,12-14H,8-11H2,(H,23,26). The second-order valence-electron chi connectivity index (χ2n) is 6.95. The van der Waals surface area contributed by atoms with Crippen LogP contribution in [0.3, 0.4) is 0 Å². The van der Waals surface area contributed by atoms with Gasteiger partial charge in [0.2, 0.25) is 28.2 Å². The number of amides is 1. The first kappa shape index (κ1) is 20.2. The summed E-state index contributed by atoms with van der Waals surface area (Å²) in [5.74, 6) is -0.619. The number of halogens is 1. The summed E-state index contributed by atoms with van der Waals surface area (Å²) in [5, 5.41) is 10.4. The van der Waals surface area contributed by atoms with E-state index < -0.39 is 15.8 Å². The van der Waals surface area contributed by atoms with Crippen molar-refractivity contribution in [3.8, 4) is 11.5 Å². The van der Waals surface area contributed by atoms with E-state index in [1.165, 1.54) is 22.8 Å². The molecule has 0 unspecified atom stereocenters. The Labute approximate surface area is 172 Å². The Hall–Kier alpha value is -3.11. The fourth-order valence-electron chi connectivity index (χ4n) is 3.39. The Morgan fingerprint density at radius 3 is 2.53 bits per heavy atom. The van der Waals surface area contributed by atoms with Crippen molar-refractivity contribution >= 4 is 21.6 Å². The van der Waals surface area contributed by atoms with Gasteiger partial charge in [-0.2, -0.15) is 4.31 Å². The molecule has 2 heterocycles. The molecule has 0 saturated carbocycles. The molecule has 1 amide bonds. The van der Waals surface area contributed by atoms with Crippen LogP contribution in [-0.4, -0.2) is 41.9 Å². The summed E-state index contributed by atoms with van der Waals surface area (Å²) < 4.78 is 45.0. The van der Waals surface area contributed by atoms with E-state index in [-0.39, 0.29) is 29.8 Å². The van der Waals surface area contributed by atoms with Crippen LogP contribution in [0.15, 0.2) is 64.2 Å². The van der Waals surface area contributed by atoms with E-state index in [0.717, 1.165) is 12.1 Å². The predicted molar refractivity (Wildman–Crippen MR) is 106 cm³/mol. The summed E-state index contributed by atoms with van der Waals surface area (Å²) in [6.45, 7) is 0.444. The Balaban J connectivity index is 1.38. The van der Waals surface area contributed by atoms with E-state index in [2.05, 4.69) is 15.5 Å². The molecule has 156 valence electrons. The van der Waals surface area contributed by atoms with Gasteiger partial charge in [-0.25, -0.2) is 12.8 Å². The van der Waals surface area contributed by atoms with E-state index in [1.54, 1.807) is 24.3 Å². The first-order chi connectivity index (χ1) is 14.4. The lowest BCUT2D eigenvalue weighted by atomic mass is 9.97. The molecule has 1 aliphatic rings. The molecular weight excluding hydrogens is 411 g/mol. The second-order valence-corrected chi connectivity index (χ2v) is 8.88. The lowest BCUT2D eigenvalue weighted by Crippen LogP contribution is -2.41. The number of carbonyl (C=O) groups is 1. The number of hydrogen-bond acceptors (Lipinski definition) is 6. The molecule has 0 atom stereocenters. The van der Waals surface area contributed by atoms with Crippen LogP contribution in [0, 0.1) is 11.7 Å². The van der Waals surface area contributed by atoms with Gasteiger partial charge in [0.15, 0.2) is 0 Å². The Morgan fingerprint density at radius 2 is 1.87 bits per heavy atom. The van der Waals surface area contributed by atoms with Gasteiger partial charge in [0.05, 0.1) is 4.90 Å². The van der Waals surface area contributed by atoms with Gasteiger partial charge in [-0.15, -0.1) is 10.2 Å². The Morgan fingerprint density at radius 1 is 1.13 bits per heavy atom. The number of anilines is 1. The summed E-state index contributed by atoms with van der Waals surface area (Å²) in [5.41, 5.74) is 1.28. The van der Waals surface area contributed by atoms with E-state index in [9.17, 15) is 17.6 Å². The van der Waals surface area contributed by atoms with Crippen LogP contribution in [-0.2, 0) is 14.8 Å². The van der Waals surface area contributed by atoms with Gasteiger partial charge in [-0.3, -0.25) is 4.79 Å². The van der Waals surface area contributed by atoms with E-state index in [0.29, 0.717) is 30.0 Å². The first-order valence-corrected chi connectivity index (χ1v) is 10.8. The zero-order chi connectivity index (χ0) is 21.1. The molecule has 0 aliphatic carbocycles. The molecule has 2 aromatic carbocycles. The smallest absolute Gasteiger partial charge is 0.247 e. The third kappa shape index (κ3) is 4.24. The third-order valence-corrected chi connectivity index (χ3v) is 6.93. The Kier molecular flexibility index (Phi) is 5.60. The molecule has 3 aromatic rings. The van der Waals surface area contributed by atoms with E-state index in [1.807, 2.05) is 0 Å². The number of aromatic nitrogens is 2. The zero-order valence-electron chi connectivity index (χ0n) is 15.9. The minimum absolute atomic E-state index is 0.0460. The van der Waals surface area contributed by atoms with Gasteiger partial charge >= 0.3 is 0 Å². The topological polar surface area (TPSA) is 105 Å². The summed E-state index contributed by atoms with van der Waals surface area (Å²) in [6, 6.07) is 11.8. The number of carbonyl (C=O) groups excluding carboxylic acids is 1. The summed E-state index contributed by atoms with van der Waals surface area (Å²) in [7, 11) is -3.71. The fourth-order valence-corrected chi connectivity index (χ4v) is 4.86. The van der Waals surface area contributed by atoms with Crippen molar-refractivity contribution in [1.29, 1.82) is 0 Å². The summed E-state index contributed by atoms with van der Waals surface area (Å²) in [4.78, 5) is 12.7. The van der Waals surface area contributed by atoms with Crippen molar-refractivity contribution in [2.24, 2.45) is 5.92 Å². The number of nitrogens with one attached hydrogen (secondary N) is 1. The Bertz CT molecular complexity index is 1130. The monoisotopic (exact) mass is 430 g/mol. The maximum Gasteiger partial charge on any atom is 0.247 e. The highest BCUT2D eigenvalue weighted by molar-refractivity contribution is 7.89. The molecule has 1 fully saturated rings. The summed E-state index contributed by atoms with van der Waals surface area (Å²) >= 11 is 0. The molecule has 8 nitrogen and oxygen atoms in total. The van der Waals surface area contributed by atoms with Crippen molar-refractivity contribution < 1.29 is 22.0 Å². The molecule has 1 aromatic heterocycles.